The Morgan fingerprint density at radius 2 is 1.79 bits per heavy atom. The van der Waals surface area contributed by atoms with Crippen molar-refractivity contribution in [2.45, 2.75) is 32.0 Å². The number of carbonyl (C=O) groups is 1. The Labute approximate surface area is 167 Å². The standard InChI is InChI=1S/C23H30N2O3/c1-17-7-5-6-10-21(17)22(18-8-3-2-4-9-18)28-16-20(26)15-25-13-11-19(12-14-25)23(24)27/h2-10,19-20,22,26H,11-16H2,1H3,(H2,24,27)/t20-,22+/m1/s1. The number of β-amino-alcohol motifs (C(OH)–C–C–N with tert-alkyl or cyclic N) is 1. The van der Waals surface area contributed by atoms with Crippen LogP contribution in [0.25, 0.3) is 0 Å². The summed E-state index contributed by atoms with van der Waals surface area (Å²) in [7, 11) is 0. The Kier molecular flexibility index (Phi) is 7.20. The van der Waals surface area contributed by atoms with Crippen molar-refractivity contribution in [3.63, 3.8) is 0 Å². The summed E-state index contributed by atoms with van der Waals surface area (Å²) in [5.41, 5.74) is 8.75. The minimum atomic E-state index is -0.583. The summed E-state index contributed by atoms with van der Waals surface area (Å²) in [4.78, 5) is 13.5. The quantitative estimate of drug-likeness (QED) is 0.736. The molecule has 1 fully saturated rings. The normalized spacial score (nSPS) is 17.9. The van der Waals surface area contributed by atoms with Crippen LogP contribution in [0.5, 0.6) is 0 Å². The lowest BCUT2D eigenvalue weighted by Gasteiger charge is -2.32. The number of aliphatic hydroxyl groups excluding tert-OH is 1. The highest BCUT2D eigenvalue weighted by Gasteiger charge is 2.25. The van der Waals surface area contributed by atoms with E-state index < -0.39 is 6.10 Å². The number of aliphatic hydroxyl groups is 1. The Bertz CT molecular complexity index is 757. The van der Waals surface area contributed by atoms with E-state index in [0.717, 1.165) is 37.1 Å². The van der Waals surface area contributed by atoms with Gasteiger partial charge in [0.25, 0.3) is 0 Å². The van der Waals surface area contributed by atoms with Crippen molar-refractivity contribution in [1.29, 1.82) is 0 Å². The van der Waals surface area contributed by atoms with Gasteiger partial charge in [-0.15, -0.1) is 0 Å². The average molecular weight is 383 g/mol. The third kappa shape index (κ3) is 5.41. The van der Waals surface area contributed by atoms with Crippen LogP contribution in [0.15, 0.2) is 54.6 Å². The molecule has 0 spiro atoms. The van der Waals surface area contributed by atoms with Gasteiger partial charge in [0.2, 0.25) is 5.91 Å². The fraction of sp³-hybridized carbons (Fsp3) is 0.435. The molecule has 1 aliphatic rings. The zero-order valence-corrected chi connectivity index (χ0v) is 16.5. The van der Waals surface area contributed by atoms with Gasteiger partial charge in [0.05, 0.1) is 12.7 Å². The van der Waals surface area contributed by atoms with E-state index in [-0.39, 0.29) is 24.5 Å². The van der Waals surface area contributed by atoms with E-state index in [2.05, 4.69) is 36.1 Å². The molecule has 0 aliphatic carbocycles. The van der Waals surface area contributed by atoms with Gasteiger partial charge < -0.3 is 20.5 Å². The molecule has 1 aliphatic heterocycles. The molecule has 3 N–H and O–H groups in total. The van der Waals surface area contributed by atoms with Gasteiger partial charge in [0, 0.05) is 12.5 Å². The number of primary amides is 1. The van der Waals surface area contributed by atoms with Gasteiger partial charge in [-0.25, -0.2) is 0 Å². The van der Waals surface area contributed by atoms with Gasteiger partial charge in [-0.2, -0.15) is 0 Å². The molecule has 0 aromatic heterocycles. The Balaban J connectivity index is 1.59. The number of rotatable bonds is 8. The number of ether oxygens (including phenoxy) is 1. The molecular formula is C23H30N2O3. The second-order valence-corrected chi connectivity index (χ2v) is 7.61. The van der Waals surface area contributed by atoms with Gasteiger partial charge in [0.1, 0.15) is 6.10 Å². The van der Waals surface area contributed by atoms with Crippen molar-refractivity contribution >= 4 is 5.91 Å². The van der Waals surface area contributed by atoms with E-state index in [0.29, 0.717) is 6.54 Å². The minimum Gasteiger partial charge on any atom is -0.389 e. The number of amides is 1. The van der Waals surface area contributed by atoms with Crippen LogP contribution in [-0.4, -0.2) is 48.3 Å². The molecule has 0 unspecified atom stereocenters. The summed E-state index contributed by atoms with van der Waals surface area (Å²) in [5, 5.41) is 10.5. The molecular weight excluding hydrogens is 352 g/mol. The molecule has 5 nitrogen and oxygen atoms in total. The van der Waals surface area contributed by atoms with Crippen molar-refractivity contribution in [3.8, 4) is 0 Å². The fourth-order valence-electron chi connectivity index (χ4n) is 3.83. The van der Waals surface area contributed by atoms with Gasteiger partial charge in [0.15, 0.2) is 0 Å². The first kappa shape index (κ1) is 20.5. The van der Waals surface area contributed by atoms with Crippen LogP contribution in [0, 0.1) is 12.8 Å². The van der Waals surface area contributed by atoms with Crippen molar-refractivity contribution in [1.82, 2.24) is 4.90 Å². The van der Waals surface area contributed by atoms with Crippen molar-refractivity contribution in [3.05, 3.63) is 71.3 Å². The van der Waals surface area contributed by atoms with Crippen LogP contribution in [-0.2, 0) is 9.53 Å². The second kappa shape index (κ2) is 9.82. The van der Waals surface area contributed by atoms with Crippen LogP contribution in [0.2, 0.25) is 0 Å². The second-order valence-electron chi connectivity index (χ2n) is 7.61. The smallest absolute Gasteiger partial charge is 0.220 e. The predicted octanol–water partition coefficient (Wildman–Crippen LogP) is 2.66. The van der Waals surface area contributed by atoms with Crippen molar-refractivity contribution in [2.24, 2.45) is 11.7 Å². The summed E-state index contributed by atoms with van der Waals surface area (Å²) in [5.74, 6) is -0.249. The molecule has 0 bridgehead atoms. The minimum absolute atomic E-state index is 0.0341. The predicted molar refractivity (Wildman–Crippen MR) is 110 cm³/mol. The van der Waals surface area contributed by atoms with E-state index in [1.54, 1.807) is 0 Å². The molecule has 2 aromatic carbocycles. The molecule has 2 aromatic rings. The van der Waals surface area contributed by atoms with Gasteiger partial charge in [-0.1, -0.05) is 54.6 Å². The summed E-state index contributed by atoms with van der Waals surface area (Å²) in [6, 6.07) is 18.3. The highest BCUT2D eigenvalue weighted by atomic mass is 16.5. The van der Waals surface area contributed by atoms with E-state index in [1.807, 2.05) is 30.3 Å². The lowest BCUT2D eigenvalue weighted by atomic mass is 9.96. The lowest BCUT2D eigenvalue weighted by molar-refractivity contribution is -0.123. The number of aryl methyl sites for hydroxylation is 1. The molecule has 0 saturated carbocycles. The summed E-state index contributed by atoms with van der Waals surface area (Å²) in [6.45, 7) is 4.44. The molecule has 1 heterocycles. The molecule has 1 amide bonds. The van der Waals surface area contributed by atoms with Gasteiger partial charge in [-0.05, 0) is 49.5 Å². The van der Waals surface area contributed by atoms with Crippen LogP contribution in [0.4, 0.5) is 0 Å². The molecule has 5 heteroatoms. The summed E-state index contributed by atoms with van der Waals surface area (Å²) >= 11 is 0. The largest absolute Gasteiger partial charge is 0.389 e. The number of carbonyl (C=O) groups excluding carboxylic acids is 1. The highest BCUT2D eigenvalue weighted by molar-refractivity contribution is 5.76. The van der Waals surface area contributed by atoms with E-state index in [4.69, 9.17) is 10.5 Å². The van der Waals surface area contributed by atoms with E-state index in [9.17, 15) is 9.90 Å². The molecule has 2 atom stereocenters. The number of hydrogen-bond acceptors (Lipinski definition) is 4. The summed E-state index contributed by atoms with van der Waals surface area (Å²) in [6.07, 6.45) is 0.732. The van der Waals surface area contributed by atoms with Crippen LogP contribution < -0.4 is 5.73 Å². The lowest BCUT2D eigenvalue weighted by Crippen LogP contribution is -2.42. The van der Waals surface area contributed by atoms with Crippen LogP contribution in [0.1, 0.15) is 35.6 Å². The molecule has 3 rings (SSSR count). The maximum atomic E-state index is 11.3. The van der Waals surface area contributed by atoms with Crippen LogP contribution >= 0.6 is 0 Å². The maximum Gasteiger partial charge on any atom is 0.220 e. The SMILES string of the molecule is Cc1ccccc1[C@@H](OC[C@H](O)CN1CCC(C(N)=O)CC1)c1ccccc1. The molecule has 28 heavy (non-hydrogen) atoms. The number of likely N-dealkylation sites (tertiary alicyclic amines) is 1. The fourth-order valence-corrected chi connectivity index (χ4v) is 3.83. The monoisotopic (exact) mass is 382 g/mol. The molecule has 0 radical (unpaired) electrons. The number of hydrogen-bond donors (Lipinski definition) is 2. The van der Waals surface area contributed by atoms with Crippen molar-refractivity contribution < 1.29 is 14.6 Å². The molecule has 1 saturated heterocycles. The maximum absolute atomic E-state index is 11.3. The van der Waals surface area contributed by atoms with Crippen LogP contribution in [0.3, 0.4) is 0 Å². The van der Waals surface area contributed by atoms with Gasteiger partial charge in [-0.3, -0.25) is 4.79 Å². The third-order valence-corrected chi connectivity index (χ3v) is 5.49. The first-order valence-electron chi connectivity index (χ1n) is 9.96. The average Bonchev–Trinajstić information content (AvgIpc) is 2.70. The Hall–Kier alpha value is -2.21. The first-order chi connectivity index (χ1) is 13.5. The van der Waals surface area contributed by atoms with E-state index >= 15 is 0 Å². The number of nitrogens with two attached hydrogens (primary N) is 1. The van der Waals surface area contributed by atoms with Crippen molar-refractivity contribution in [2.75, 3.05) is 26.2 Å². The third-order valence-electron chi connectivity index (χ3n) is 5.49. The first-order valence-corrected chi connectivity index (χ1v) is 9.96. The van der Waals surface area contributed by atoms with E-state index in [1.165, 1.54) is 5.56 Å². The topological polar surface area (TPSA) is 75.8 Å². The van der Waals surface area contributed by atoms with Gasteiger partial charge >= 0.3 is 0 Å². The highest BCUT2D eigenvalue weighted by Crippen LogP contribution is 2.28. The Morgan fingerprint density at radius 3 is 2.43 bits per heavy atom. The Morgan fingerprint density at radius 1 is 1.14 bits per heavy atom. The number of benzene rings is 2. The molecule has 150 valence electrons. The zero-order chi connectivity index (χ0) is 19.9. The number of nitrogens with zero attached hydrogens (tertiary/aromatic N) is 1. The zero-order valence-electron chi connectivity index (χ0n) is 16.5. The summed E-state index contributed by atoms with van der Waals surface area (Å²) < 4.78 is 6.21. The number of piperidine rings is 1.